The van der Waals surface area contributed by atoms with Crippen LogP contribution in [0.1, 0.15) is 11.1 Å². The number of hydroxylamine groups is 2. The van der Waals surface area contributed by atoms with Gasteiger partial charge in [-0.2, -0.15) is 0 Å². The molecule has 0 aliphatic carbocycles. The van der Waals surface area contributed by atoms with Crippen molar-refractivity contribution in [2.24, 2.45) is 0 Å². The Balaban J connectivity index is 1.50. The molecule has 7 nitrogen and oxygen atoms in total. The first-order chi connectivity index (χ1) is 12.2. The van der Waals surface area contributed by atoms with Gasteiger partial charge in [0.1, 0.15) is 0 Å². The molecule has 0 bridgehead atoms. The van der Waals surface area contributed by atoms with E-state index in [2.05, 4.69) is 11.0 Å². The summed E-state index contributed by atoms with van der Waals surface area (Å²) in [6, 6.07) is 14.3. The minimum Gasteiger partial charge on any atom is -0.383 e. The molecule has 7 heteroatoms. The zero-order valence-electron chi connectivity index (χ0n) is 12.8. The smallest absolute Gasteiger partial charge is 0.365 e. The summed E-state index contributed by atoms with van der Waals surface area (Å²) in [4.78, 5) is 34.8. The van der Waals surface area contributed by atoms with E-state index in [1.807, 2.05) is 12.1 Å². The lowest BCUT2D eigenvalue weighted by molar-refractivity contribution is -0.155. The monoisotopic (exact) mass is 336 g/mol. The standard InChI is InChI=1S/C18H12N2O5/c21-17(13-9-11-5-1-3-7-15(11)24-19-13)23-18(22)14-10-12-6-2-4-8-16(12)25-20-14/h1-10,19-20H. The first kappa shape index (κ1) is 14.8. The zero-order chi connectivity index (χ0) is 17.2. The highest BCUT2D eigenvalue weighted by Crippen LogP contribution is 2.25. The van der Waals surface area contributed by atoms with Gasteiger partial charge in [-0.1, -0.05) is 36.4 Å². The second-order valence-electron chi connectivity index (χ2n) is 5.28. The Labute approximate surface area is 142 Å². The molecular weight excluding hydrogens is 324 g/mol. The van der Waals surface area contributed by atoms with E-state index in [9.17, 15) is 9.59 Å². The van der Waals surface area contributed by atoms with E-state index in [4.69, 9.17) is 14.4 Å². The average Bonchev–Trinajstić information content (AvgIpc) is 2.67. The van der Waals surface area contributed by atoms with Crippen LogP contribution in [-0.2, 0) is 14.3 Å². The van der Waals surface area contributed by atoms with E-state index in [1.54, 1.807) is 48.6 Å². The summed E-state index contributed by atoms with van der Waals surface area (Å²) in [5.74, 6) is -0.568. The fourth-order valence-electron chi connectivity index (χ4n) is 2.37. The second-order valence-corrected chi connectivity index (χ2v) is 5.28. The molecule has 2 N–H and O–H groups in total. The number of hydrogen-bond acceptors (Lipinski definition) is 7. The SMILES string of the molecule is O=C(OC(=O)C1=Cc2ccccc2ON1)C1=Cc2ccccc2ON1. The van der Waals surface area contributed by atoms with Crippen LogP contribution >= 0.6 is 0 Å². The lowest BCUT2D eigenvalue weighted by Gasteiger charge is -2.19. The molecule has 2 aliphatic rings. The van der Waals surface area contributed by atoms with Gasteiger partial charge in [-0.25, -0.2) is 20.5 Å². The first-order valence-corrected chi connectivity index (χ1v) is 7.44. The Morgan fingerprint density at radius 3 is 1.64 bits per heavy atom. The molecule has 0 saturated heterocycles. The minimum atomic E-state index is -0.860. The molecule has 0 atom stereocenters. The van der Waals surface area contributed by atoms with Crippen molar-refractivity contribution in [2.75, 3.05) is 0 Å². The van der Waals surface area contributed by atoms with Gasteiger partial charge in [0.25, 0.3) is 0 Å². The Hall–Kier alpha value is -3.74. The number of fused-ring (bicyclic) bond motifs is 2. The van der Waals surface area contributed by atoms with Gasteiger partial charge in [0.2, 0.25) is 0 Å². The third kappa shape index (κ3) is 2.90. The molecule has 0 unspecified atom stereocenters. The van der Waals surface area contributed by atoms with Crippen LogP contribution in [0, 0.1) is 0 Å². The van der Waals surface area contributed by atoms with Crippen molar-refractivity contribution in [3.63, 3.8) is 0 Å². The van der Waals surface area contributed by atoms with Crippen molar-refractivity contribution in [3.05, 3.63) is 71.1 Å². The predicted octanol–water partition coefficient (Wildman–Crippen LogP) is 1.93. The Morgan fingerprint density at radius 2 is 1.16 bits per heavy atom. The number of para-hydroxylation sites is 2. The van der Waals surface area contributed by atoms with E-state index < -0.39 is 11.9 Å². The maximum atomic E-state index is 12.2. The molecule has 2 aliphatic heterocycles. The molecule has 0 radical (unpaired) electrons. The number of rotatable bonds is 2. The second kappa shape index (κ2) is 6.04. The highest BCUT2D eigenvalue weighted by Gasteiger charge is 2.24. The summed E-state index contributed by atoms with van der Waals surface area (Å²) in [6.07, 6.45) is 3.09. The van der Waals surface area contributed by atoms with E-state index in [0.717, 1.165) is 0 Å². The lowest BCUT2D eigenvalue weighted by Crippen LogP contribution is -2.33. The van der Waals surface area contributed by atoms with Gasteiger partial charge >= 0.3 is 11.9 Å². The lowest BCUT2D eigenvalue weighted by atomic mass is 10.1. The number of carbonyl (C=O) groups is 2. The van der Waals surface area contributed by atoms with Crippen molar-refractivity contribution in [3.8, 4) is 11.5 Å². The van der Waals surface area contributed by atoms with Crippen LogP contribution in [0.2, 0.25) is 0 Å². The molecule has 0 spiro atoms. The van der Waals surface area contributed by atoms with Crippen molar-refractivity contribution < 1.29 is 24.0 Å². The van der Waals surface area contributed by atoms with E-state index in [-0.39, 0.29) is 11.4 Å². The number of nitrogens with one attached hydrogen (secondary N) is 2. The Bertz CT molecular complexity index is 857. The molecule has 0 fully saturated rings. The minimum absolute atomic E-state index is 0.0183. The zero-order valence-corrected chi connectivity index (χ0v) is 12.8. The van der Waals surface area contributed by atoms with Gasteiger partial charge in [0, 0.05) is 11.1 Å². The third-order valence-corrected chi connectivity index (χ3v) is 3.60. The largest absolute Gasteiger partial charge is 0.383 e. The number of esters is 2. The van der Waals surface area contributed by atoms with Crippen molar-refractivity contribution >= 4 is 24.1 Å². The fourth-order valence-corrected chi connectivity index (χ4v) is 2.37. The molecule has 2 aromatic rings. The van der Waals surface area contributed by atoms with Gasteiger partial charge in [-0.05, 0) is 24.3 Å². The quantitative estimate of drug-likeness (QED) is 0.640. The Kier molecular flexibility index (Phi) is 3.59. The van der Waals surface area contributed by atoms with Gasteiger partial charge in [-0.3, -0.25) is 0 Å². The number of carbonyl (C=O) groups excluding carboxylic acids is 2. The normalized spacial score (nSPS) is 14.1. The fraction of sp³-hybridized carbons (Fsp3) is 0. The van der Waals surface area contributed by atoms with Crippen LogP contribution in [0.5, 0.6) is 11.5 Å². The third-order valence-electron chi connectivity index (χ3n) is 3.60. The molecule has 0 amide bonds. The summed E-state index contributed by atoms with van der Waals surface area (Å²) in [6.45, 7) is 0. The van der Waals surface area contributed by atoms with Gasteiger partial charge in [0.05, 0.1) is 0 Å². The number of hydrogen-bond donors (Lipinski definition) is 2. The summed E-state index contributed by atoms with van der Waals surface area (Å²) < 4.78 is 4.86. The van der Waals surface area contributed by atoms with Crippen LogP contribution in [0.4, 0.5) is 0 Å². The summed E-state index contributed by atoms with van der Waals surface area (Å²) in [5.41, 5.74) is 6.36. The van der Waals surface area contributed by atoms with E-state index >= 15 is 0 Å². The van der Waals surface area contributed by atoms with E-state index in [1.165, 1.54) is 0 Å². The molecule has 2 heterocycles. The molecule has 2 aromatic carbocycles. The average molecular weight is 336 g/mol. The summed E-state index contributed by atoms with van der Waals surface area (Å²) >= 11 is 0. The van der Waals surface area contributed by atoms with Crippen molar-refractivity contribution in [1.29, 1.82) is 0 Å². The molecular formula is C18H12N2O5. The highest BCUT2D eigenvalue weighted by atomic mass is 16.7. The Morgan fingerprint density at radius 1 is 0.720 bits per heavy atom. The molecule has 25 heavy (non-hydrogen) atoms. The van der Waals surface area contributed by atoms with Crippen molar-refractivity contribution in [2.45, 2.75) is 0 Å². The van der Waals surface area contributed by atoms with Gasteiger partial charge in [0.15, 0.2) is 22.9 Å². The summed E-state index contributed by atoms with van der Waals surface area (Å²) in [5, 5.41) is 0. The van der Waals surface area contributed by atoms with Crippen LogP contribution in [0.15, 0.2) is 59.9 Å². The maximum absolute atomic E-state index is 12.2. The number of benzene rings is 2. The summed E-state index contributed by atoms with van der Waals surface area (Å²) in [7, 11) is 0. The van der Waals surface area contributed by atoms with Crippen LogP contribution in [0.25, 0.3) is 12.2 Å². The van der Waals surface area contributed by atoms with Gasteiger partial charge < -0.3 is 14.4 Å². The molecule has 4 rings (SSSR count). The highest BCUT2D eigenvalue weighted by molar-refractivity contribution is 6.05. The molecule has 124 valence electrons. The van der Waals surface area contributed by atoms with Crippen LogP contribution in [-0.4, -0.2) is 11.9 Å². The maximum Gasteiger partial charge on any atom is 0.365 e. The van der Waals surface area contributed by atoms with Crippen LogP contribution in [0.3, 0.4) is 0 Å². The molecule has 0 saturated carbocycles. The van der Waals surface area contributed by atoms with Gasteiger partial charge in [-0.15, -0.1) is 0 Å². The topological polar surface area (TPSA) is 85.9 Å². The van der Waals surface area contributed by atoms with Crippen LogP contribution < -0.4 is 20.6 Å². The van der Waals surface area contributed by atoms with Crippen molar-refractivity contribution in [1.82, 2.24) is 11.0 Å². The predicted molar refractivity (Wildman–Crippen MR) is 87.5 cm³/mol. The molecule has 0 aromatic heterocycles. The number of ether oxygens (including phenoxy) is 1. The van der Waals surface area contributed by atoms with E-state index in [0.29, 0.717) is 22.6 Å². The first-order valence-electron chi connectivity index (χ1n) is 7.44.